The fourth-order valence-corrected chi connectivity index (χ4v) is 1.84. The van der Waals surface area contributed by atoms with Crippen molar-refractivity contribution in [3.05, 3.63) is 24.3 Å². The molecule has 0 radical (unpaired) electrons. The summed E-state index contributed by atoms with van der Waals surface area (Å²) < 4.78 is 0. The molecule has 0 unspecified atom stereocenters. The summed E-state index contributed by atoms with van der Waals surface area (Å²) in [6, 6.07) is 8.79. The van der Waals surface area contributed by atoms with Crippen LogP contribution < -0.4 is 10.1 Å². The van der Waals surface area contributed by atoms with Gasteiger partial charge in [-0.15, -0.1) is 0 Å². The molecule has 0 aliphatic heterocycles. The van der Waals surface area contributed by atoms with Crippen molar-refractivity contribution in [3.63, 3.8) is 0 Å². The molecule has 0 amide bonds. The van der Waals surface area contributed by atoms with Gasteiger partial charge in [0.25, 0.3) is 0 Å². The van der Waals surface area contributed by atoms with Crippen molar-refractivity contribution < 1.29 is 0 Å². The number of hydrogen-bond donors (Lipinski definition) is 0. The molecule has 0 fully saturated rings. The van der Waals surface area contributed by atoms with Gasteiger partial charge in [-0.25, -0.2) is 0 Å². The number of anilines is 1. The van der Waals surface area contributed by atoms with Crippen LogP contribution >= 0.6 is 0 Å². The molecule has 0 saturated carbocycles. The quantitative estimate of drug-likeness (QED) is 0.580. The zero-order chi connectivity index (χ0) is 8.27. The molecule has 0 saturated heterocycles. The van der Waals surface area contributed by atoms with E-state index in [1.807, 2.05) is 0 Å². The predicted molar refractivity (Wildman–Crippen MR) is 54.8 cm³/mol. The SMILES string of the molecule is C[SiH2]c1cccc(N(C)C)c1. The van der Waals surface area contributed by atoms with E-state index in [0.717, 1.165) is 0 Å². The van der Waals surface area contributed by atoms with E-state index >= 15 is 0 Å². The molecule has 0 atom stereocenters. The first kappa shape index (κ1) is 8.33. The van der Waals surface area contributed by atoms with Crippen LogP contribution in [0.4, 0.5) is 5.69 Å². The standard InChI is InChI=1S/C9H15NSi/c1-10(2)8-5-4-6-9(7-8)11-3/h4-7H,11H2,1-3H3. The summed E-state index contributed by atoms with van der Waals surface area (Å²) in [6.07, 6.45) is 0. The van der Waals surface area contributed by atoms with Crippen LogP contribution in [-0.4, -0.2) is 23.6 Å². The van der Waals surface area contributed by atoms with Crippen LogP contribution in [0.5, 0.6) is 0 Å². The smallest absolute Gasteiger partial charge is 0.0518 e. The Labute approximate surface area is 70.9 Å². The number of rotatable bonds is 2. The van der Waals surface area contributed by atoms with Crippen molar-refractivity contribution in [1.82, 2.24) is 0 Å². The molecule has 60 valence electrons. The van der Waals surface area contributed by atoms with Crippen LogP contribution in [0.2, 0.25) is 6.55 Å². The highest BCUT2D eigenvalue weighted by Crippen LogP contribution is 2.06. The molecule has 0 aliphatic carbocycles. The molecule has 11 heavy (non-hydrogen) atoms. The third-order valence-electron chi connectivity index (χ3n) is 1.84. The number of hydrogen-bond acceptors (Lipinski definition) is 1. The van der Waals surface area contributed by atoms with Gasteiger partial charge in [0.1, 0.15) is 0 Å². The third kappa shape index (κ3) is 2.08. The largest absolute Gasteiger partial charge is 0.378 e. The van der Waals surface area contributed by atoms with Gasteiger partial charge in [-0.1, -0.05) is 23.9 Å². The van der Waals surface area contributed by atoms with Crippen LogP contribution in [0.3, 0.4) is 0 Å². The zero-order valence-electron chi connectivity index (χ0n) is 7.46. The molecule has 0 spiro atoms. The normalized spacial score (nSPS) is 10.8. The predicted octanol–water partition coefficient (Wildman–Crippen LogP) is 0.595. The molecular weight excluding hydrogens is 150 g/mol. The van der Waals surface area contributed by atoms with E-state index < -0.39 is 0 Å². The van der Waals surface area contributed by atoms with Crippen molar-refractivity contribution in [3.8, 4) is 0 Å². The average Bonchev–Trinajstić information content (AvgIpc) is 2.05. The molecule has 0 aromatic heterocycles. The van der Waals surface area contributed by atoms with Gasteiger partial charge in [-0.3, -0.25) is 0 Å². The highest BCUT2D eigenvalue weighted by atomic mass is 28.2. The molecular formula is C9H15NSi. The van der Waals surface area contributed by atoms with E-state index in [2.05, 4.69) is 49.8 Å². The first-order valence-electron chi connectivity index (χ1n) is 4.00. The van der Waals surface area contributed by atoms with E-state index in [0.29, 0.717) is 0 Å². The fourth-order valence-electron chi connectivity index (χ4n) is 1.05. The molecule has 0 N–H and O–H groups in total. The first-order chi connectivity index (χ1) is 5.24. The summed E-state index contributed by atoms with van der Waals surface area (Å²) in [4.78, 5) is 2.15. The van der Waals surface area contributed by atoms with Gasteiger partial charge in [-0.2, -0.15) is 0 Å². The van der Waals surface area contributed by atoms with Gasteiger partial charge in [0.05, 0.1) is 9.52 Å². The summed E-state index contributed by atoms with van der Waals surface area (Å²) in [7, 11) is 4.17. The van der Waals surface area contributed by atoms with Gasteiger partial charge >= 0.3 is 0 Å². The van der Waals surface area contributed by atoms with Gasteiger partial charge in [0, 0.05) is 19.8 Å². The van der Waals surface area contributed by atoms with Gasteiger partial charge in [0.15, 0.2) is 0 Å². The lowest BCUT2D eigenvalue weighted by Gasteiger charge is -2.12. The lowest BCUT2D eigenvalue weighted by molar-refractivity contribution is 1.13. The summed E-state index contributed by atoms with van der Waals surface area (Å²) in [5.74, 6) is 0. The van der Waals surface area contributed by atoms with Crippen LogP contribution in [0.25, 0.3) is 0 Å². The average molecular weight is 165 g/mol. The summed E-state index contributed by atoms with van der Waals surface area (Å²) in [5, 5.41) is 1.54. The minimum Gasteiger partial charge on any atom is -0.378 e. The number of nitrogens with zero attached hydrogens (tertiary/aromatic N) is 1. The lowest BCUT2D eigenvalue weighted by Crippen LogP contribution is -2.15. The van der Waals surface area contributed by atoms with E-state index in [9.17, 15) is 0 Å². The van der Waals surface area contributed by atoms with Crippen LogP contribution in [0, 0.1) is 0 Å². The van der Waals surface area contributed by atoms with Gasteiger partial charge < -0.3 is 4.90 Å². The number of benzene rings is 1. The third-order valence-corrected chi connectivity index (χ3v) is 3.09. The van der Waals surface area contributed by atoms with Crippen molar-refractivity contribution in [2.75, 3.05) is 19.0 Å². The Morgan fingerprint density at radius 1 is 1.27 bits per heavy atom. The van der Waals surface area contributed by atoms with E-state index in [1.54, 1.807) is 0 Å². The van der Waals surface area contributed by atoms with Gasteiger partial charge in [-0.05, 0) is 12.1 Å². The lowest BCUT2D eigenvalue weighted by atomic mass is 10.3. The Morgan fingerprint density at radius 2 is 2.00 bits per heavy atom. The highest BCUT2D eigenvalue weighted by molar-refractivity contribution is 6.52. The Bertz CT molecular complexity index is 233. The summed E-state index contributed by atoms with van der Waals surface area (Å²) in [6.45, 7) is 2.31. The maximum Gasteiger partial charge on any atom is 0.0518 e. The molecule has 1 nitrogen and oxygen atoms in total. The van der Waals surface area contributed by atoms with Crippen LogP contribution in [0.15, 0.2) is 24.3 Å². The van der Waals surface area contributed by atoms with E-state index in [1.165, 1.54) is 10.9 Å². The minimum absolute atomic E-state index is 0.0112. The van der Waals surface area contributed by atoms with Crippen molar-refractivity contribution >= 4 is 20.4 Å². The Kier molecular flexibility index (Phi) is 2.71. The molecule has 0 heterocycles. The van der Waals surface area contributed by atoms with E-state index in [-0.39, 0.29) is 9.52 Å². The minimum atomic E-state index is 0.0112. The Morgan fingerprint density at radius 3 is 2.55 bits per heavy atom. The second-order valence-corrected chi connectivity index (χ2v) is 4.44. The van der Waals surface area contributed by atoms with Gasteiger partial charge in [0.2, 0.25) is 0 Å². The molecule has 0 aliphatic rings. The molecule has 1 aromatic rings. The van der Waals surface area contributed by atoms with Crippen LogP contribution in [0.1, 0.15) is 0 Å². The van der Waals surface area contributed by atoms with Crippen molar-refractivity contribution in [2.24, 2.45) is 0 Å². The monoisotopic (exact) mass is 165 g/mol. The molecule has 2 heteroatoms. The van der Waals surface area contributed by atoms with E-state index in [4.69, 9.17) is 0 Å². The highest BCUT2D eigenvalue weighted by Gasteiger charge is 1.94. The molecule has 1 rings (SSSR count). The summed E-state index contributed by atoms with van der Waals surface area (Å²) >= 11 is 0. The maximum atomic E-state index is 2.31. The summed E-state index contributed by atoms with van der Waals surface area (Å²) in [5.41, 5.74) is 1.32. The second kappa shape index (κ2) is 3.58. The topological polar surface area (TPSA) is 3.24 Å². The van der Waals surface area contributed by atoms with Crippen LogP contribution in [-0.2, 0) is 0 Å². The fraction of sp³-hybridized carbons (Fsp3) is 0.333. The first-order valence-corrected chi connectivity index (χ1v) is 6.12. The maximum absolute atomic E-state index is 2.31. The second-order valence-electron chi connectivity index (χ2n) is 2.92. The Balaban J connectivity index is 2.91. The van der Waals surface area contributed by atoms with Crippen molar-refractivity contribution in [1.29, 1.82) is 0 Å². The van der Waals surface area contributed by atoms with Crippen molar-refractivity contribution in [2.45, 2.75) is 6.55 Å². The zero-order valence-corrected chi connectivity index (χ0v) is 8.88. The molecule has 0 bridgehead atoms. The molecule has 1 aromatic carbocycles. The Hall–Kier alpha value is -0.763.